The van der Waals surface area contributed by atoms with Crippen molar-refractivity contribution in [3.8, 4) is 11.5 Å². The van der Waals surface area contributed by atoms with Crippen molar-refractivity contribution in [2.75, 3.05) is 18.7 Å². The second-order valence-electron chi connectivity index (χ2n) is 4.98. The molecule has 0 atom stereocenters. The van der Waals surface area contributed by atoms with E-state index >= 15 is 0 Å². The highest BCUT2D eigenvalue weighted by atomic mass is 16.7. The number of carbonyl (C=O) groups excluding carboxylic acids is 1. The molecule has 23 heavy (non-hydrogen) atoms. The highest BCUT2D eigenvalue weighted by Gasteiger charge is 2.16. The van der Waals surface area contributed by atoms with Crippen molar-refractivity contribution >= 4 is 17.2 Å². The van der Waals surface area contributed by atoms with Gasteiger partial charge in [0, 0.05) is 36.3 Å². The van der Waals surface area contributed by atoms with Gasteiger partial charge < -0.3 is 14.8 Å². The van der Waals surface area contributed by atoms with Crippen LogP contribution in [0.3, 0.4) is 0 Å². The Hall–Kier alpha value is -3.09. The summed E-state index contributed by atoms with van der Waals surface area (Å²) in [5.74, 6) is 1.17. The number of hydrogen-bond donors (Lipinski definition) is 1. The van der Waals surface area contributed by atoms with Gasteiger partial charge in [-0.05, 0) is 24.3 Å². The van der Waals surface area contributed by atoms with E-state index in [1.165, 1.54) is 12.1 Å². The molecule has 1 heterocycles. The average Bonchev–Trinajstić information content (AvgIpc) is 3.02. The van der Waals surface area contributed by atoms with Crippen LogP contribution in [0.25, 0.3) is 0 Å². The van der Waals surface area contributed by atoms with Gasteiger partial charge in [-0.3, -0.25) is 14.9 Å². The van der Waals surface area contributed by atoms with Gasteiger partial charge in [-0.1, -0.05) is 6.07 Å². The van der Waals surface area contributed by atoms with Crippen LogP contribution in [0.4, 0.5) is 11.4 Å². The molecule has 3 rings (SSSR count). The highest BCUT2D eigenvalue weighted by molar-refractivity contribution is 5.97. The van der Waals surface area contributed by atoms with Gasteiger partial charge in [0.2, 0.25) is 6.79 Å². The maximum atomic E-state index is 12.2. The number of ether oxygens (including phenoxy) is 2. The zero-order valence-electron chi connectivity index (χ0n) is 12.2. The third-order valence-electron chi connectivity index (χ3n) is 3.43. The molecule has 0 fully saturated rings. The number of nitro benzene ring substituents is 1. The minimum absolute atomic E-state index is 0.0112. The molecule has 0 spiro atoms. The molecule has 7 nitrogen and oxygen atoms in total. The Morgan fingerprint density at radius 1 is 1.17 bits per heavy atom. The molecule has 0 aliphatic carbocycles. The number of carbonyl (C=O) groups is 1. The molecule has 0 aromatic heterocycles. The first-order valence-corrected chi connectivity index (χ1v) is 7.04. The van der Waals surface area contributed by atoms with Gasteiger partial charge in [-0.25, -0.2) is 0 Å². The van der Waals surface area contributed by atoms with Crippen molar-refractivity contribution in [2.45, 2.75) is 6.42 Å². The lowest BCUT2D eigenvalue weighted by Crippen LogP contribution is -2.09. The number of nitro groups is 1. The van der Waals surface area contributed by atoms with Crippen LogP contribution in [0, 0.1) is 10.1 Å². The second-order valence-corrected chi connectivity index (χ2v) is 4.98. The van der Waals surface area contributed by atoms with E-state index in [1.54, 1.807) is 30.3 Å². The predicted molar refractivity (Wildman–Crippen MR) is 83.1 cm³/mol. The topological polar surface area (TPSA) is 90.7 Å². The minimum Gasteiger partial charge on any atom is -0.454 e. The maximum Gasteiger partial charge on any atom is 0.271 e. The number of nitrogens with zero attached hydrogens (tertiary/aromatic N) is 1. The molecule has 0 radical (unpaired) electrons. The zero-order valence-corrected chi connectivity index (χ0v) is 12.2. The number of nitrogens with one attached hydrogen (secondary N) is 1. The minimum atomic E-state index is -0.455. The fourth-order valence-corrected chi connectivity index (χ4v) is 2.26. The number of ketones is 1. The summed E-state index contributed by atoms with van der Waals surface area (Å²) in [6.07, 6.45) is 0.266. The molecule has 0 bridgehead atoms. The average molecular weight is 314 g/mol. The van der Waals surface area contributed by atoms with Gasteiger partial charge in [0.25, 0.3) is 5.69 Å². The second kappa shape index (κ2) is 6.35. The normalized spacial score (nSPS) is 12.0. The molecule has 2 aromatic rings. The summed E-state index contributed by atoms with van der Waals surface area (Å²) in [6.45, 7) is 0.551. The number of rotatable bonds is 6. The Balaban J connectivity index is 1.57. The van der Waals surface area contributed by atoms with Crippen LogP contribution in [0.1, 0.15) is 16.8 Å². The third-order valence-corrected chi connectivity index (χ3v) is 3.43. The quantitative estimate of drug-likeness (QED) is 0.501. The first-order valence-electron chi connectivity index (χ1n) is 7.04. The summed E-state index contributed by atoms with van der Waals surface area (Å²) in [5, 5.41) is 13.7. The molecule has 0 unspecified atom stereocenters. The van der Waals surface area contributed by atoms with E-state index in [9.17, 15) is 14.9 Å². The van der Waals surface area contributed by atoms with Crippen molar-refractivity contribution < 1.29 is 19.2 Å². The molecule has 2 aromatic carbocycles. The van der Waals surface area contributed by atoms with Crippen LogP contribution in [-0.4, -0.2) is 24.0 Å². The van der Waals surface area contributed by atoms with E-state index in [4.69, 9.17) is 9.47 Å². The van der Waals surface area contributed by atoms with Crippen molar-refractivity contribution in [1.82, 2.24) is 0 Å². The predicted octanol–water partition coefficient (Wildman–Crippen LogP) is 3.01. The molecule has 1 N–H and O–H groups in total. The lowest BCUT2D eigenvalue weighted by Gasteiger charge is -2.06. The highest BCUT2D eigenvalue weighted by Crippen LogP contribution is 2.32. The molecule has 1 aliphatic heterocycles. The van der Waals surface area contributed by atoms with E-state index in [2.05, 4.69) is 5.32 Å². The number of benzene rings is 2. The fourth-order valence-electron chi connectivity index (χ4n) is 2.26. The summed E-state index contributed by atoms with van der Waals surface area (Å²) >= 11 is 0. The number of hydrogen-bond acceptors (Lipinski definition) is 6. The van der Waals surface area contributed by atoms with Crippen molar-refractivity contribution in [3.63, 3.8) is 0 Å². The van der Waals surface area contributed by atoms with Crippen molar-refractivity contribution in [1.29, 1.82) is 0 Å². The lowest BCUT2D eigenvalue weighted by atomic mass is 10.1. The van der Waals surface area contributed by atoms with Crippen molar-refractivity contribution in [3.05, 3.63) is 58.1 Å². The van der Waals surface area contributed by atoms with Crippen LogP contribution in [0.5, 0.6) is 11.5 Å². The van der Waals surface area contributed by atoms with Crippen LogP contribution in [0.2, 0.25) is 0 Å². The van der Waals surface area contributed by atoms with E-state index in [1.807, 2.05) is 0 Å². The number of non-ortho nitro benzene ring substituents is 1. The summed E-state index contributed by atoms with van der Waals surface area (Å²) < 4.78 is 10.4. The Kier molecular flexibility index (Phi) is 4.09. The summed E-state index contributed by atoms with van der Waals surface area (Å²) in [4.78, 5) is 22.4. The molecular formula is C16H14N2O5. The Morgan fingerprint density at radius 3 is 2.83 bits per heavy atom. The van der Waals surface area contributed by atoms with Crippen LogP contribution in [-0.2, 0) is 0 Å². The molecule has 7 heteroatoms. The first kappa shape index (κ1) is 14.8. The Morgan fingerprint density at radius 2 is 2.00 bits per heavy atom. The zero-order chi connectivity index (χ0) is 16.2. The number of Topliss-reactive ketones (excluding diaryl/α,β-unsaturated/α-hetero) is 1. The monoisotopic (exact) mass is 314 g/mol. The first-order chi connectivity index (χ1) is 11.1. The largest absolute Gasteiger partial charge is 0.454 e. The smallest absolute Gasteiger partial charge is 0.271 e. The lowest BCUT2D eigenvalue weighted by molar-refractivity contribution is -0.384. The molecule has 1 aliphatic rings. The molecule has 118 valence electrons. The molecular weight excluding hydrogens is 300 g/mol. The third kappa shape index (κ3) is 3.39. The SMILES string of the molecule is O=C(CCNc1cccc([N+](=O)[O-])c1)c1ccc2c(c1)OCO2. The van der Waals surface area contributed by atoms with E-state index < -0.39 is 4.92 Å². The van der Waals surface area contributed by atoms with Crippen molar-refractivity contribution in [2.24, 2.45) is 0 Å². The summed E-state index contributed by atoms with van der Waals surface area (Å²) in [7, 11) is 0. The Bertz CT molecular complexity index is 760. The summed E-state index contributed by atoms with van der Waals surface area (Å²) in [5.41, 5.74) is 1.17. The van der Waals surface area contributed by atoms with Gasteiger partial charge in [0.1, 0.15) is 0 Å². The van der Waals surface area contributed by atoms with Gasteiger partial charge in [-0.2, -0.15) is 0 Å². The van der Waals surface area contributed by atoms with Gasteiger partial charge in [0.15, 0.2) is 17.3 Å². The number of anilines is 1. The van der Waals surface area contributed by atoms with E-state index in [0.717, 1.165) is 0 Å². The van der Waals surface area contributed by atoms with E-state index in [0.29, 0.717) is 29.3 Å². The Labute approximate surface area is 132 Å². The number of fused-ring (bicyclic) bond motifs is 1. The van der Waals surface area contributed by atoms with Gasteiger partial charge in [0.05, 0.1) is 4.92 Å². The maximum absolute atomic E-state index is 12.2. The van der Waals surface area contributed by atoms with Crippen LogP contribution >= 0.6 is 0 Å². The van der Waals surface area contributed by atoms with Gasteiger partial charge in [-0.15, -0.1) is 0 Å². The fraction of sp³-hybridized carbons (Fsp3) is 0.188. The standard InChI is InChI=1S/C16H14N2O5/c19-14(11-4-5-15-16(8-11)23-10-22-15)6-7-17-12-2-1-3-13(9-12)18(20)21/h1-5,8-9,17H,6-7,10H2. The molecule has 0 saturated carbocycles. The molecule has 0 amide bonds. The van der Waals surface area contributed by atoms with E-state index in [-0.39, 0.29) is 24.7 Å². The van der Waals surface area contributed by atoms with Gasteiger partial charge >= 0.3 is 0 Å². The van der Waals surface area contributed by atoms with Crippen LogP contribution in [0.15, 0.2) is 42.5 Å². The summed E-state index contributed by atoms with van der Waals surface area (Å²) in [6, 6.07) is 11.2. The van der Waals surface area contributed by atoms with Crippen LogP contribution < -0.4 is 14.8 Å². The molecule has 0 saturated heterocycles.